The first kappa shape index (κ1) is 18.8. The van der Waals surface area contributed by atoms with Crippen molar-refractivity contribution in [2.24, 2.45) is 10.9 Å². The molecule has 1 atom stereocenters. The van der Waals surface area contributed by atoms with Gasteiger partial charge >= 0.3 is 0 Å². The van der Waals surface area contributed by atoms with Crippen LogP contribution in [0.4, 0.5) is 5.69 Å². The van der Waals surface area contributed by atoms with Gasteiger partial charge in [-0.3, -0.25) is 4.99 Å². The second kappa shape index (κ2) is 9.12. The summed E-state index contributed by atoms with van der Waals surface area (Å²) in [6.45, 7) is 7.34. The molecule has 0 saturated carbocycles. The van der Waals surface area contributed by atoms with Crippen LogP contribution in [-0.4, -0.2) is 82.8 Å². The molecule has 2 fully saturated rings. The summed E-state index contributed by atoms with van der Waals surface area (Å²) in [7, 11) is 5.85. The summed E-state index contributed by atoms with van der Waals surface area (Å²) in [4.78, 5) is 11.7. The molecule has 0 radical (unpaired) electrons. The van der Waals surface area contributed by atoms with E-state index in [1.54, 1.807) is 7.11 Å². The number of likely N-dealkylation sites (tertiary alicyclic amines) is 1. The molecule has 26 heavy (non-hydrogen) atoms. The number of hydrogen-bond acceptors (Lipinski definition) is 4. The van der Waals surface area contributed by atoms with Crippen LogP contribution in [0.2, 0.25) is 0 Å². The lowest BCUT2D eigenvalue weighted by molar-refractivity contribution is 0.209. The minimum atomic E-state index is 0.723. The average Bonchev–Trinajstić information content (AvgIpc) is 2.69. The predicted molar refractivity (Wildman–Crippen MR) is 108 cm³/mol. The maximum absolute atomic E-state index is 5.51. The van der Waals surface area contributed by atoms with Gasteiger partial charge in [0.05, 0.1) is 12.8 Å². The van der Waals surface area contributed by atoms with Gasteiger partial charge in [0.15, 0.2) is 5.96 Å². The molecule has 0 amide bonds. The molecule has 6 heteroatoms. The second-order valence-electron chi connectivity index (χ2n) is 7.34. The van der Waals surface area contributed by atoms with Crippen molar-refractivity contribution in [3.63, 3.8) is 0 Å². The fraction of sp³-hybridized carbons (Fsp3) is 0.650. The van der Waals surface area contributed by atoms with Gasteiger partial charge in [-0.15, -0.1) is 0 Å². The molecule has 0 aromatic heterocycles. The molecule has 0 bridgehead atoms. The molecular formula is C20H33N5O. The molecular weight excluding hydrogens is 326 g/mol. The van der Waals surface area contributed by atoms with Crippen LogP contribution in [0.15, 0.2) is 29.3 Å². The van der Waals surface area contributed by atoms with E-state index in [-0.39, 0.29) is 0 Å². The number of methoxy groups -OCH3 is 1. The zero-order chi connectivity index (χ0) is 18.4. The van der Waals surface area contributed by atoms with E-state index in [1.165, 1.54) is 31.6 Å². The maximum atomic E-state index is 5.51. The van der Waals surface area contributed by atoms with E-state index in [9.17, 15) is 0 Å². The number of hydrogen-bond donors (Lipinski definition) is 1. The van der Waals surface area contributed by atoms with Crippen LogP contribution in [-0.2, 0) is 0 Å². The Morgan fingerprint density at radius 2 is 1.96 bits per heavy atom. The van der Waals surface area contributed by atoms with Crippen molar-refractivity contribution in [1.82, 2.24) is 15.1 Å². The Bertz CT molecular complexity index is 598. The van der Waals surface area contributed by atoms with Gasteiger partial charge in [0.2, 0.25) is 0 Å². The smallest absolute Gasteiger partial charge is 0.193 e. The monoisotopic (exact) mass is 359 g/mol. The van der Waals surface area contributed by atoms with Crippen LogP contribution in [0.1, 0.15) is 12.8 Å². The van der Waals surface area contributed by atoms with E-state index < -0.39 is 0 Å². The van der Waals surface area contributed by atoms with Crippen LogP contribution in [0.3, 0.4) is 0 Å². The van der Waals surface area contributed by atoms with Crippen molar-refractivity contribution in [2.45, 2.75) is 12.8 Å². The second-order valence-corrected chi connectivity index (χ2v) is 7.34. The largest absolute Gasteiger partial charge is 0.495 e. The van der Waals surface area contributed by atoms with Crippen molar-refractivity contribution >= 4 is 11.6 Å². The van der Waals surface area contributed by atoms with Crippen LogP contribution in [0, 0.1) is 5.92 Å². The van der Waals surface area contributed by atoms with Gasteiger partial charge in [-0.05, 0) is 44.5 Å². The van der Waals surface area contributed by atoms with Gasteiger partial charge < -0.3 is 24.8 Å². The standard InChI is InChI=1S/C20H33N5O/c1-21-20(22-15-17-7-6-10-23(2)16-17)25-13-11-24(12-14-25)18-8-4-5-9-19(18)26-3/h4-5,8-9,17H,6-7,10-16H2,1-3H3,(H,21,22). The lowest BCUT2D eigenvalue weighted by Gasteiger charge is -2.38. The lowest BCUT2D eigenvalue weighted by atomic mass is 9.98. The molecule has 1 N–H and O–H groups in total. The van der Waals surface area contributed by atoms with E-state index >= 15 is 0 Å². The Labute approximate surface area is 157 Å². The van der Waals surface area contributed by atoms with Crippen LogP contribution >= 0.6 is 0 Å². The quantitative estimate of drug-likeness (QED) is 0.655. The van der Waals surface area contributed by atoms with Gasteiger partial charge in [-0.2, -0.15) is 0 Å². The van der Waals surface area contributed by atoms with Crippen molar-refractivity contribution in [2.75, 3.05) is 71.9 Å². The Hall–Kier alpha value is -1.95. The van der Waals surface area contributed by atoms with Gasteiger partial charge in [0.25, 0.3) is 0 Å². The zero-order valence-corrected chi connectivity index (χ0v) is 16.4. The molecule has 2 aliphatic heterocycles. The predicted octanol–water partition coefficient (Wildman–Crippen LogP) is 1.73. The SMILES string of the molecule is CN=C(NCC1CCCN(C)C1)N1CCN(c2ccccc2OC)CC1. The first-order chi connectivity index (χ1) is 12.7. The number of guanidine groups is 1. The van der Waals surface area contributed by atoms with Gasteiger partial charge in [-0.1, -0.05) is 12.1 Å². The van der Waals surface area contributed by atoms with Crippen LogP contribution in [0.5, 0.6) is 5.75 Å². The molecule has 6 nitrogen and oxygen atoms in total. The number of piperidine rings is 1. The minimum Gasteiger partial charge on any atom is -0.495 e. The fourth-order valence-electron chi connectivity index (χ4n) is 4.06. The molecule has 1 aromatic rings. The summed E-state index contributed by atoms with van der Waals surface area (Å²) >= 11 is 0. The highest BCUT2D eigenvalue weighted by atomic mass is 16.5. The third-order valence-corrected chi connectivity index (χ3v) is 5.49. The zero-order valence-electron chi connectivity index (χ0n) is 16.4. The first-order valence-corrected chi connectivity index (χ1v) is 9.73. The highest BCUT2D eigenvalue weighted by Gasteiger charge is 2.23. The average molecular weight is 360 g/mol. The van der Waals surface area contributed by atoms with Gasteiger partial charge in [0.1, 0.15) is 5.75 Å². The third-order valence-electron chi connectivity index (χ3n) is 5.49. The number of rotatable bonds is 4. The van der Waals surface area contributed by atoms with Crippen molar-refractivity contribution in [1.29, 1.82) is 0 Å². The molecule has 0 spiro atoms. The van der Waals surface area contributed by atoms with Crippen molar-refractivity contribution in [3.05, 3.63) is 24.3 Å². The molecule has 1 unspecified atom stereocenters. The summed E-state index contributed by atoms with van der Waals surface area (Å²) in [5, 5.41) is 3.61. The lowest BCUT2D eigenvalue weighted by Crippen LogP contribution is -2.53. The summed E-state index contributed by atoms with van der Waals surface area (Å²) < 4.78 is 5.51. The van der Waals surface area contributed by atoms with Gasteiger partial charge in [0, 0.05) is 46.3 Å². The van der Waals surface area contributed by atoms with Crippen molar-refractivity contribution in [3.8, 4) is 5.75 Å². The van der Waals surface area contributed by atoms with E-state index in [1.807, 2.05) is 19.2 Å². The molecule has 3 rings (SSSR count). The maximum Gasteiger partial charge on any atom is 0.193 e. The summed E-state index contributed by atoms with van der Waals surface area (Å²) in [6, 6.07) is 8.27. The summed E-state index contributed by atoms with van der Waals surface area (Å²) in [5.41, 5.74) is 1.18. The highest BCUT2D eigenvalue weighted by Crippen LogP contribution is 2.28. The molecule has 1 aromatic carbocycles. The molecule has 2 saturated heterocycles. The molecule has 0 aliphatic carbocycles. The number of aliphatic imine (C=N–C) groups is 1. The van der Waals surface area contributed by atoms with Gasteiger partial charge in [-0.25, -0.2) is 0 Å². The number of para-hydroxylation sites is 2. The fourth-order valence-corrected chi connectivity index (χ4v) is 4.06. The van der Waals surface area contributed by atoms with E-state index in [4.69, 9.17) is 4.74 Å². The molecule has 2 aliphatic rings. The Kier molecular flexibility index (Phi) is 6.61. The van der Waals surface area contributed by atoms with E-state index in [0.717, 1.165) is 50.4 Å². The minimum absolute atomic E-state index is 0.723. The Morgan fingerprint density at radius 3 is 2.65 bits per heavy atom. The number of piperazine rings is 1. The number of nitrogens with zero attached hydrogens (tertiary/aromatic N) is 4. The number of nitrogens with one attached hydrogen (secondary N) is 1. The molecule has 144 valence electrons. The molecule has 2 heterocycles. The summed E-state index contributed by atoms with van der Waals surface area (Å²) in [6.07, 6.45) is 2.62. The topological polar surface area (TPSA) is 43.3 Å². The van der Waals surface area contributed by atoms with E-state index in [0.29, 0.717) is 0 Å². The Morgan fingerprint density at radius 1 is 1.19 bits per heavy atom. The first-order valence-electron chi connectivity index (χ1n) is 9.73. The van der Waals surface area contributed by atoms with Crippen LogP contribution in [0.25, 0.3) is 0 Å². The van der Waals surface area contributed by atoms with Crippen molar-refractivity contribution < 1.29 is 4.74 Å². The highest BCUT2D eigenvalue weighted by molar-refractivity contribution is 5.80. The normalized spacial score (nSPS) is 22.4. The third kappa shape index (κ3) is 4.61. The Balaban J connectivity index is 1.51. The van der Waals surface area contributed by atoms with E-state index in [2.05, 4.69) is 44.2 Å². The number of benzene rings is 1. The number of ether oxygens (including phenoxy) is 1. The number of anilines is 1. The summed E-state index contributed by atoms with van der Waals surface area (Å²) in [5.74, 6) is 2.71. The van der Waals surface area contributed by atoms with Crippen LogP contribution < -0.4 is 15.0 Å².